The average Bonchev–Trinajstić information content (AvgIpc) is 2.68. The maximum atomic E-state index is 13.2. The molecule has 1 amide bonds. The van der Waals surface area contributed by atoms with Gasteiger partial charge in [0.1, 0.15) is 5.82 Å². The van der Waals surface area contributed by atoms with Crippen molar-refractivity contribution < 1.29 is 9.18 Å². The largest absolute Gasteiger partial charge is 0.369 e. The lowest BCUT2D eigenvalue weighted by Gasteiger charge is -2.30. The van der Waals surface area contributed by atoms with Gasteiger partial charge in [-0.25, -0.2) is 9.37 Å². The molecule has 3 heterocycles. The summed E-state index contributed by atoms with van der Waals surface area (Å²) < 4.78 is 13.2. The molecule has 0 bridgehead atoms. The highest BCUT2D eigenvalue weighted by molar-refractivity contribution is 5.92. The number of pyridine rings is 1. The number of carbonyl (C=O) groups is 1. The first-order valence-corrected chi connectivity index (χ1v) is 8.72. The lowest BCUT2D eigenvalue weighted by atomic mass is 9.96. The van der Waals surface area contributed by atoms with Gasteiger partial charge in [-0.1, -0.05) is 12.1 Å². The Hall–Kier alpha value is -3.29. The third kappa shape index (κ3) is 3.25. The number of benzene rings is 1. The zero-order valence-corrected chi connectivity index (χ0v) is 14.5. The molecule has 3 N–H and O–H groups in total. The number of amides is 1. The smallest absolute Gasteiger partial charge is 0.262 e. The maximum Gasteiger partial charge on any atom is 0.262 e. The average molecular weight is 367 g/mol. The number of rotatable bonds is 3. The molecule has 2 aromatic heterocycles. The number of piperidine rings is 1. The van der Waals surface area contributed by atoms with E-state index in [9.17, 15) is 14.0 Å². The maximum absolute atomic E-state index is 13.2. The highest BCUT2D eigenvalue weighted by atomic mass is 19.1. The Labute approximate surface area is 154 Å². The van der Waals surface area contributed by atoms with E-state index in [1.807, 2.05) is 4.90 Å². The molecule has 138 valence electrons. The molecule has 0 atom stereocenters. The molecular formula is C19H18FN5O2. The van der Waals surface area contributed by atoms with Crippen LogP contribution in [0.15, 0.2) is 41.3 Å². The summed E-state index contributed by atoms with van der Waals surface area (Å²) in [7, 11) is 0. The van der Waals surface area contributed by atoms with Crippen LogP contribution in [0.5, 0.6) is 0 Å². The molecule has 1 saturated heterocycles. The van der Waals surface area contributed by atoms with E-state index in [2.05, 4.69) is 15.0 Å². The van der Waals surface area contributed by atoms with Gasteiger partial charge >= 0.3 is 0 Å². The lowest BCUT2D eigenvalue weighted by Crippen LogP contribution is -2.40. The predicted molar refractivity (Wildman–Crippen MR) is 99.7 cm³/mol. The van der Waals surface area contributed by atoms with Gasteiger partial charge in [-0.3, -0.25) is 14.6 Å². The Balaban J connectivity index is 1.72. The van der Waals surface area contributed by atoms with Gasteiger partial charge < -0.3 is 10.6 Å². The molecule has 0 unspecified atom stereocenters. The Kier molecular flexibility index (Phi) is 4.31. The molecule has 0 aliphatic carbocycles. The van der Waals surface area contributed by atoms with Crippen LogP contribution in [0.2, 0.25) is 0 Å². The number of hydrogen-bond donors (Lipinski definition) is 2. The van der Waals surface area contributed by atoms with Crippen LogP contribution in [-0.4, -0.2) is 33.9 Å². The van der Waals surface area contributed by atoms with E-state index in [1.54, 1.807) is 24.4 Å². The molecule has 7 nitrogen and oxygen atoms in total. The fourth-order valence-electron chi connectivity index (χ4n) is 3.45. The molecular weight excluding hydrogens is 349 g/mol. The van der Waals surface area contributed by atoms with Crippen molar-refractivity contribution in [2.75, 3.05) is 18.0 Å². The van der Waals surface area contributed by atoms with Crippen molar-refractivity contribution in [1.29, 1.82) is 0 Å². The minimum Gasteiger partial charge on any atom is -0.369 e. The Bertz CT molecular complexity index is 1060. The van der Waals surface area contributed by atoms with Gasteiger partial charge in [-0.2, -0.15) is 4.98 Å². The van der Waals surface area contributed by atoms with E-state index in [0.717, 1.165) is 0 Å². The van der Waals surface area contributed by atoms with E-state index in [0.29, 0.717) is 54.0 Å². The molecule has 8 heteroatoms. The van der Waals surface area contributed by atoms with Crippen molar-refractivity contribution in [3.8, 4) is 11.1 Å². The van der Waals surface area contributed by atoms with Crippen molar-refractivity contribution in [3.05, 3.63) is 52.7 Å². The zero-order chi connectivity index (χ0) is 19.0. The standard InChI is InChI=1S/C19H18FN5O2/c20-13-3-1-11(2-4-13)14-5-8-22-17-15(14)18(27)24-19(23-17)25-9-6-12(7-10-25)16(21)26/h1-5,8,12H,6-7,9-10H2,(H2,21,26)(H,22,23,24,27). The second kappa shape index (κ2) is 6.79. The molecule has 27 heavy (non-hydrogen) atoms. The molecule has 1 fully saturated rings. The van der Waals surface area contributed by atoms with E-state index < -0.39 is 0 Å². The minimum atomic E-state index is -0.342. The summed E-state index contributed by atoms with van der Waals surface area (Å²) in [6, 6.07) is 7.64. The second-order valence-electron chi connectivity index (χ2n) is 6.62. The van der Waals surface area contributed by atoms with Gasteiger partial charge in [-0.15, -0.1) is 0 Å². The summed E-state index contributed by atoms with van der Waals surface area (Å²) in [4.78, 5) is 37.6. The highest BCUT2D eigenvalue weighted by Crippen LogP contribution is 2.26. The van der Waals surface area contributed by atoms with Crippen LogP contribution >= 0.6 is 0 Å². The van der Waals surface area contributed by atoms with Crippen molar-refractivity contribution in [2.45, 2.75) is 12.8 Å². The summed E-state index contributed by atoms with van der Waals surface area (Å²) in [5.74, 6) is -0.346. The van der Waals surface area contributed by atoms with Gasteiger partial charge in [-0.05, 0) is 42.2 Å². The van der Waals surface area contributed by atoms with Crippen LogP contribution in [0.25, 0.3) is 22.2 Å². The first-order valence-electron chi connectivity index (χ1n) is 8.72. The Morgan fingerprint density at radius 3 is 2.56 bits per heavy atom. The van der Waals surface area contributed by atoms with Crippen molar-refractivity contribution >= 4 is 22.9 Å². The number of primary amides is 1. The van der Waals surface area contributed by atoms with Crippen molar-refractivity contribution in [2.24, 2.45) is 11.7 Å². The first-order chi connectivity index (χ1) is 13.0. The second-order valence-corrected chi connectivity index (χ2v) is 6.62. The number of hydrogen-bond acceptors (Lipinski definition) is 5. The number of carbonyl (C=O) groups excluding carboxylic acids is 1. The summed E-state index contributed by atoms with van der Waals surface area (Å²) >= 11 is 0. The van der Waals surface area contributed by atoms with Crippen LogP contribution in [-0.2, 0) is 4.79 Å². The van der Waals surface area contributed by atoms with E-state index >= 15 is 0 Å². The summed E-state index contributed by atoms with van der Waals surface area (Å²) in [6.45, 7) is 1.17. The monoisotopic (exact) mass is 367 g/mol. The number of anilines is 1. The molecule has 0 spiro atoms. The third-order valence-corrected chi connectivity index (χ3v) is 4.95. The summed E-state index contributed by atoms with van der Waals surface area (Å²) in [5, 5.41) is 0.361. The van der Waals surface area contributed by atoms with Crippen LogP contribution in [0.3, 0.4) is 0 Å². The normalized spacial score (nSPS) is 15.2. The van der Waals surface area contributed by atoms with Gasteiger partial charge in [0.05, 0.1) is 5.39 Å². The van der Waals surface area contributed by atoms with Crippen LogP contribution in [0.1, 0.15) is 12.8 Å². The predicted octanol–water partition coefficient (Wildman–Crippen LogP) is 1.83. The number of halogens is 1. The first kappa shape index (κ1) is 17.1. The topological polar surface area (TPSA) is 105 Å². The number of nitrogens with zero attached hydrogens (tertiary/aromatic N) is 3. The Morgan fingerprint density at radius 1 is 1.19 bits per heavy atom. The number of H-pyrrole nitrogens is 1. The molecule has 1 aliphatic rings. The summed E-state index contributed by atoms with van der Waals surface area (Å²) in [6.07, 6.45) is 2.83. The molecule has 1 aromatic carbocycles. The van der Waals surface area contributed by atoms with Gasteiger partial charge in [0, 0.05) is 25.2 Å². The third-order valence-electron chi connectivity index (χ3n) is 4.95. The van der Waals surface area contributed by atoms with E-state index in [1.165, 1.54) is 12.1 Å². The fourth-order valence-corrected chi connectivity index (χ4v) is 3.45. The molecule has 0 radical (unpaired) electrons. The number of aromatic nitrogens is 3. The molecule has 4 rings (SSSR count). The number of fused-ring (bicyclic) bond motifs is 1. The minimum absolute atomic E-state index is 0.142. The summed E-state index contributed by atoms with van der Waals surface area (Å²) in [5.41, 5.74) is 6.75. The fraction of sp³-hybridized carbons (Fsp3) is 0.263. The quantitative estimate of drug-likeness (QED) is 0.735. The van der Waals surface area contributed by atoms with Crippen molar-refractivity contribution in [3.63, 3.8) is 0 Å². The lowest BCUT2D eigenvalue weighted by molar-refractivity contribution is -0.122. The van der Waals surface area contributed by atoms with Crippen LogP contribution in [0, 0.1) is 11.7 Å². The van der Waals surface area contributed by atoms with Crippen LogP contribution < -0.4 is 16.2 Å². The SMILES string of the molecule is NC(=O)C1CCN(c2nc3nccc(-c4ccc(F)cc4)c3c(=O)[nH]2)CC1. The zero-order valence-electron chi connectivity index (χ0n) is 14.5. The number of nitrogens with two attached hydrogens (primary N) is 1. The molecule has 3 aromatic rings. The number of aromatic amines is 1. The molecule has 0 saturated carbocycles. The van der Waals surface area contributed by atoms with Gasteiger partial charge in [0.15, 0.2) is 5.65 Å². The van der Waals surface area contributed by atoms with Gasteiger partial charge in [0.25, 0.3) is 5.56 Å². The molecule has 1 aliphatic heterocycles. The Morgan fingerprint density at radius 2 is 1.89 bits per heavy atom. The number of nitrogens with one attached hydrogen (secondary N) is 1. The van der Waals surface area contributed by atoms with Gasteiger partial charge in [0.2, 0.25) is 11.9 Å². The van der Waals surface area contributed by atoms with Crippen LogP contribution in [0.4, 0.5) is 10.3 Å². The van der Waals surface area contributed by atoms with E-state index in [-0.39, 0.29) is 23.2 Å². The van der Waals surface area contributed by atoms with Crippen molar-refractivity contribution in [1.82, 2.24) is 15.0 Å². The highest BCUT2D eigenvalue weighted by Gasteiger charge is 2.25. The van der Waals surface area contributed by atoms with E-state index in [4.69, 9.17) is 5.73 Å².